The zero-order valence-corrected chi connectivity index (χ0v) is 16.5. The van der Waals surface area contributed by atoms with Gasteiger partial charge in [0.05, 0.1) is 6.10 Å². The van der Waals surface area contributed by atoms with Crippen LogP contribution in [0.2, 0.25) is 0 Å². The zero-order chi connectivity index (χ0) is 16.7. The second-order valence-corrected chi connectivity index (χ2v) is 9.93. The molecule has 130 valence electrons. The highest BCUT2D eigenvalue weighted by atomic mass is 32.2. The molecule has 0 radical (unpaired) electrons. The monoisotopic (exact) mass is 334 g/mol. The molecule has 0 aromatic heterocycles. The molecule has 3 fully saturated rings. The van der Waals surface area contributed by atoms with Gasteiger partial charge in [-0.2, -0.15) is 0 Å². The molecule has 4 atom stereocenters. The van der Waals surface area contributed by atoms with Gasteiger partial charge < -0.3 is 4.74 Å². The molecule has 2 aliphatic carbocycles. The minimum Gasteiger partial charge on any atom is -0.360 e. The number of unbranched alkanes of at least 4 members (excludes halogenated alkanes) is 1. The standard InChI is InChI=1S/C21H34OS/c1-15(2)8-6-7-9-16(3)12-19-22-18-13-17-10-11-21(18,14-23-19)20(17,4)5/h8,12,17-19H,6-7,9-11,13-14H2,1-5H3/b16-12+/t17-,18-,19-,21-/m1/s1. The van der Waals surface area contributed by atoms with E-state index in [0.29, 0.717) is 22.4 Å². The van der Waals surface area contributed by atoms with Gasteiger partial charge in [0.1, 0.15) is 5.44 Å². The second kappa shape index (κ2) is 6.59. The lowest BCUT2D eigenvalue weighted by Crippen LogP contribution is -2.47. The van der Waals surface area contributed by atoms with E-state index in [1.54, 1.807) is 0 Å². The first-order chi connectivity index (χ1) is 10.8. The van der Waals surface area contributed by atoms with Crippen LogP contribution in [-0.4, -0.2) is 17.3 Å². The van der Waals surface area contributed by atoms with Crippen molar-refractivity contribution < 1.29 is 4.74 Å². The Morgan fingerprint density at radius 2 is 2.04 bits per heavy atom. The largest absolute Gasteiger partial charge is 0.360 e. The Labute approximate surface area is 147 Å². The van der Waals surface area contributed by atoms with E-state index < -0.39 is 0 Å². The van der Waals surface area contributed by atoms with Crippen molar-refractivity contribution in [3.05, 3.63) is 23.3 Å². The highest BCUT2D eigenvalue weighted by Crippen LogP contribution is 2.69. The summed E-state index contributed by atoms with van der Waals surface area (Å²) in [6, 6.07) is 0. The van der Waals surface area contributed by atoms with Crippen LogP contribution >= 0.6 is 11.8 Å². The lowest BCUT2D eigenvalue weighted by Gasteiger charge is -2.47. The van der Waals surface area contributed by atoms with Gasteiger partial charge in [-0.15, -0.1) is 11.8 Å². The molecule has 1 heterocycles. The van der Waals surface area contributed by atoms with E-state index in [4.69, 9.17) is 4.74 Å². The molecular weight excluding hydrogens is 300 g/mol. The average molecular weight is 335 g/mol. The van der Waals surface area contributed by atoms with Crippen LogP contribution < -0.4 is 0 Å². The Bertz CT molecular complexity index is 500. The van der Waals surface area contributed by atoms with E-state index in [0.717, 1.165) is 5.92 Å². The summed E-state index contributed by atoms with van der Waals surface area (Å²) in [4.78, 5) is 0. The zero-order valence-electron chi connectivity index (χ0n) is 15.7. The fourth-order valence-corrected chi connectivity index (χ4v) is 6.84. The molecular formula is C21H34OS. The predicted octanol–water partition coefficient (Wildman–Crippen LogP) is 6.35. The van der Waals surface area contributed by atoms with Crippen LogP contribution in [0.15, 0.2) is 23.3 Å². The van der Waals surface area contributed by atoms with Gasteiger partial charge >= 0.3 is 0 Å². The Morgan fingerprint density at radius 3 is 2.74 bits per heavy atom. The minimum atomic E-state index is 0.296. The maximum atomic E-state index is 6.56. The molecule has 0 aromatic rings. The molecule has 1 saturated heterocycles. The summed E-state index contributed by atoms with van der Waals surface area (Å²) in [6.07, 6.45) is 13.0. The van der Waals surface area contributed by atoms with Crippen molar-refractivity contribution in [1.29, 1.82) is 0 Å². The van der Waals surface area contributed by atoms with Gasteiger partial charge in [0.15, 0.2) is 0 Å². The van der Waals surface area contributed by atoms with Crippen molar-refractivity contribution in [3.8, 4) is 0 Å². The normalized spacial score (nSPS) is 38.5. The summed E-state index contributed by atoms with van der Waals surface area (Å²) in [7, 11) is 0. The summed E-state index contributed by atoms with van der Waals surface area (Å²) in [6.45, 7) is 11.6. The van der Waals surface area contributed by atoms with Crippen LogP contribution in [0.3, 0.4) is 0 Å². The second-order valence-electron chi connectivity index (χ2n) is 8.84. The van der Waals surface area contributed by atoms with Crippen molar-refractivity contribution in [2.45, 2.75) is 84.7 Å². The van der Waals surface area contributed by atoms with Gasteiger partial charge in [0, 0.05) is 11.2 Å². The van der Waals surface area contributed by atoms with Crippen LogP contribution in [0, 0.1) is 16.7 Å². The van der Waals surface area contributed by atoms with Crippen LogP contribution in [0.5, 0.6) is 0 Å². The Morgan fingerprint density at radius 1 is 1.26 bits per heavy atom. The van der Waals surface area contributed by atoms with Gasteiger partial charge in [-0.25, -0.2) is 0 Å². The molecule has 1 spiro atoms. The molecule has 0 N–H and O–H groups in total. The third-order valence-corrected chi connectivity index (χ3v) is 8.17. The van der Waals surface area contributed by atoms with Crippen LogP contribution in [-0.2, 0) is 4.74 Å². The average Bonchev–Trinajstić information content (AvgIpc) is 2.85. The summed E-state index contributed by atoms with van der Waals surface area (Å²) in [5.74, 6) is 2.19. The van der Waals surface area contributed by atoms with E-state index in [1.807, 2.05) is 0 Å². The summed E-state index contributed by atoms with van der Waals surface area (Å²) in [5, 5.41) is 0. The van der Waals surface area contributed by atoms with Gasteiger partial charge in [0.25, 0.3) is 0 Å². The number of allylic oxidation sites excluding steroid dienone is 3. The highest BCUT2D eigenvalue weighted by Gasteiger charge is 2.65. The number of thioether (sulfide) groups is 1. The molecule has 1 aliphatic heterocycles. The summed E-state index contributed by atoms with van der Waals surface area (Å²) < 4.78 is 6.56. The number of ether oxygens (including phenoxy) is 1. The lowest BCUT2D eigenvalue weighted by atomic mass is 9.69. The van der Waals surface area contributed by atoms with Crippen molar-refractivity contribution in [2.24, 2.45) is 16.7 Å². The molecule has 0 aromatic carbocycles. The first kappa shape index (κ1) is 17.6. The van der Waals surface area contributed by atoms with Crippen LogP contribution in [0.4, 0.5) is 0 Å². The summed E-state index contributed by atoms with van der Waals surface area (Å²) >= 11 is 2.05. The topological polar surface area (TPSA) is 9.23 Å². The molecule has 0 unspecified atom stereocenters. The molecule has 23 heavy (non-hydrogen) atoms. The fraction of sp³-hybridized carbons (Fsp3) is 0.810. The first-order valence-electron chi connectivity index (χ1n) is 9.43. The molecule has 2 heteroatoms. The maximum absolute atomic E-state index is 6.56. The van der Waals surface area contributed by atoms with E-state index >= 15 is 0 Å². The maximum Gasteiger partial charge on any atom is 0.122 e. The Balaban J connectivity index is 1.55. The summed E-state index contributed by atoms with van der Waals surface area (Å²) in [5.41, 5.74) is 4.18. The highest BCUT2D eigenvalue weighted by molar-refractivity contribution is 8.00. The number of fused-ring (bicyclic) bond motifs is 1. The molecule has 0 amide bonds. The molecule has 3 rings (SSSR count). The van der Waals surface area contributed by atoms with Crippen molar-refractivity contribution in [1.82, 2.24) is 0 Å². The first-order valence-corrected chi connectivity index (χ1v) is 10.5. The van der Waals surface area contributed by atoms with Crippen molar-refractivity contribution in [3.63, 3.8) is 0 Å². The van der Waals surface area contributed by atoms with Gasteiger partial charge in [-0.05, 0) is 76.7 Å². The number of hydrogen-bond acceptors (Lipinski definition) is 2. The van der Waals surface area contributed by atoms with Gasteiger partial charge in [-0.3, -0.25) is 0 Å². The lowest BCUT2D eigenvalue weighted by molar-refractivity contribution is -0.0533. The molecule has 2 bridgehead atoms. The SMILES string of the molecule is CC(C)=CCCC/C(C)=C/[C@@H]1O[C@@H]2C[C@H]3CC[C@]2(CS1)C3(C)C. The van der Waals surface area contributed by atoms with Crippen LogP contribution in [0.25, 0.3) is 0 Å². The minimum absolute atomic E-state index is 0.296. The molecule has 2 saturated carbocycles. The molecule has 1 nitrogen and oxygen atoms in total. The van der Waals surface area contributed by atoms with E-state index in [9.17, 15) is 0 Å². The fourth-order valence-electron chi connectivity index (χ4n) is 5.14. The van der Waals surface area contributed by atoms with E-state index in [2.05, 4.69) is 58.5 Å². The smallest absolute Gasteiger partial charge is 0.122 e. The Hall–Kier alpha value is -0.210. The van der Waals surface area contributed by atoms with Crippen molar-refractivity contribution in [2.75, 3.05) is 5.75 Å². The van der Waals surface area contributed by atoms with Crippen molar-refractivity contribution >= 4 is 11.8 Å². The van der Waals surface area contributed by atoms with E-state index in [-0.39, 0.29) is 0 Å². The van der Waals surface area contributed by atoms with Gasteiger partial charge in [0.2, 0.25) is 0 Å². The van der Waals surface area contributed by atoms with Gasteiger partial charge in [-0.1, -0.05) is 31.1 Å². The Kier molecular flexibility index (Phi) is 5.05. The number of rotatable bonds is 5. The third-order valence-electron chi connectivity index (χ3n) is 6.91. The predicted molar refractivity (Wildman–Crippen MR) is 102 cm³/mol. The van der Waals surface area contributed by atoms with Crippen LogP contribution in [0.1, 0.15) is 73.1 Å². The molecule has 3 aliphatic rings. The third kappa shape index (κ3) is 3.18. The van der Waals surface area contributed by atoms with E-state index in [1.165, 1.54) is 55.4 Å². The number of hydrogen-bond donors (Lipinski definition) is 0. The quantitative estimate of drug-likeness (QED) is 0.428.